The second-order valence-electron chi connectivity index (χ2n) is 4.91. The summed E-state index contributed by atoms with van der Waals surface area (Å²) < 4.78 is 5.76. The number of hydrogen-bond donors (Lipinski definition) is 1. The third-order valence-electron chi connectivity index (χ3n) is 3.22. The fraction of sp³-hybridized carbons (Fsp3) is 0.692. The molecule has 1 atom stereocenters. The molecule has 1 unspecified atom stereocenters. The SMILES string of the molecule is CC(C)N1CCOC(CNCc2ccncn2)C1. The zero-order valence-corrected chi connectivity index (χ0v) is 11.2. The van der Waals surface area contributed by atoms with Gasteiger partial charge < -0.3 is 10.1 Å². The lowest BCUT2D eigenvalue weighted by Gasteiger charge is -2.35. The standard InChI is InChI=1S/C13H22N4O/c1-11(2)17-5-6-18-13(9-17)8-15-7-12-3-4-14-10-16-12/h3-4,10-11,13,15H,5-9H2,1-2H3. The van der Waals surface area contributed by atoms with E-state index in [9.17, 15) is 0 Å². The van der Waals surface area contributed by atoms with Gasteiger partial charge in [-0.1, -0.05) is 0 Å². The largest absolute Gasteiger partial charge is 0.374 e. The molecule has 1 aliphatic rings. The van der Waals surface area contributed by atoms with Gasteiger partial charge in [-0.3, -0.25) is 4.90 Å². The van der Waals surface area contributed by atoms with Gasteiger partial charge in [-0.15, -0.1) is 0 Å². The normalized spacial score (nSPS) is 21.4. The first-order chi connectivity index (χ1) is 8.75. The van der Waals surface area contributed by atoms with E-state index in [0.29, 0.717) is 6.04 Å². The van der Waals surface area contributed by atoms with Crippen LogP contribution in [0.1, 0.15) is 19.5 Å². The van der Waals surface area contributed by atoms with Crippen LogP contribution in [0.15, 0.2) is 18.6 Å². The van der Waals surface area contributed by atoms with Crippen molar-refractivity contribution in [2.45, 2.75) is 32.5 Å². The van der Waals surface area contributed by atoms with Gasteiger partial charge in [-0.05, 0) is 19.9 Å². The molecule has 2 rings (SSSR count). The Morgan fingerprint density at radius 3 is 3.17 bits per heavy atom. The summed E-state index contributed by atoms with van der Waals surface area (Å²) in [5, 5.41) is 3.39. The summed E-state index contributed by atoms with van der Waals surface area (Å²) in [5.74, 6) is 0. The van der Waals surface area contributed by atoms with E-state index in [1.807, 2.05) is 6.07 Å². The van der Waals surface area contributed by atoms with E-state index in [4.69, 9.17) is 4.74 Å². The Bertz CT molecular complexity index is 344. The molecule has 0 radical (unpaired) electrons. The minimum atomic E-state index is 0.281. The summed E-state index contributed by atoms with van der Waals surface area (Å²) in [6, 6.07) is 2.52. The molecule has 0 amide bonds. The summed E-state index contributed by atoms with van der Waals surface area (Å²) in [6.07, 6.45) is 3.62. The fourth-order valence-electron chi connectivity index (χ4n) is 2.12. The highest BCUT2D eigenvalue weighted by atomic mass is 16.5. The van der Waals surface area contributed by atoms with E-state index in [2.05, 4.69) is 34.0 Å². The van der Waals surface area contributed by atoms with E-state index in [0.717, 1.165) is 38.5 Å². The van der Waals surface area contributed by atoms with E-state index in [1.54, 1.807) is 12.5 Å². The van der Waals surface area contributed by atoms with Gasteiger partial charge in [0.05, 0.1) is 18.4 Å². The predicted octanol–water partition coefficient (Wildman–Crippen LogP) is 0.675. The monoisotopic (exact) mass is 250 g/mol. The average Bonchev–Trinajstić information content (AvgIpc) is 2.40. The van der Waals surface area contributed by atoms with Gasteiger partial charge in [0.2, 0.25) is 0 Å². The number of rotatable bonds is 5. The first-order valence-electron chi connectivity index (χ1n) is 6.57. The Labute approximate surface area is 109 Å². The lowest BCUT2D eigenvalue weighted by molar-refractivity contribution is -0.0372. The van der Waals surface area contributed by atoms with Crippen LogP contribution >= 0.6 is 0 Å². The molecule has 1 aliphatic heterocycles. The zero-order valence-electron chi connectivity index (χ0n) is 11.2. The first kappa shape index (κ1) is 13.4. The lowest BCUT2D eigenvalue weighted by atomic mass is 10.2. The molecule has 1 fully saturated rings. The highest BCUT2D eigenvalue weighted by Crippen LogP contribution is 2.08. The summed E-state index contributed by atoms with van der Waals surface area (Å²) >= 11 is 0. The van der Waals surface area contributed by atoms with E-state index in [-0.39, 0.29) is 6.10 Å². The number of ether oxygens (including phenoxy) is 1. The highest BCUT2D eigenvalue weighted by molar-refractivity contribution is 4.97. The molecule has 1 saturated heterocycles. The van der Waals surface area contributed by atoms with Crippen molar-refractivity contribution in [1.29, 1.82) is 0 Å². The lowest BCUT2D eigenvalue weighted by Crippen LogP contribution is -2.49. The maximum absolute atomic E-state index is 5.76. The molecule has 0 spiro atoms. The van der Waals surface area contributed by atoms with Crippen LogP contribution in [-0.2, 0) is 11.3 Å². The molecule has 0 saturated carbocycles. The Morgan fingerprint density at radius 1 is 1.56 bits per heavy atom. The number of nitrogens with one attached hydrogen (secondary N) is 1. The Balaban J connectivity index is 1.70. The molecule has 0 aromatic carbocycles. The predicted molar refractivity (Wildman–Crippen MR) is 70.2 cm³/mol. The molecule has 1 aromatic heterocycles. The molecular weight excluding hydrogens is 228 g/mol. The van der Waals surface area contributed by atoms with Crippen LogP contribution in [0, 0.1) is 0 Å². The van der Waals surface area contributed by atoms with E-state index in [1.165, 1.54) is 0 Å². The number of aromatic nitrogens is 2. The molecule has 0 aliphatic carbocycles. The average molecular weight is 250 g/mol. The van der Waals surface area contributed by atoms with Crippen LogP contribution in [0.5, 0.6) is 0 Å². The molecule has 1 N–H and O–H groups in total. The van der Waals surface area contributed by atoms with Gasteiger partial charge >= 0.3 is 0 Å². The van der Waals surface area contributed by atoms with Gasteiger partial charge in [-0.2, -0.15) is 0 Å². The van der Waals surface area contributed by atoms with Crippen LogP contribution in [-0.4, -0.2) is 53.3 Å². The van der Waals surface area contributed by atoms with Gasteiger partial charge in [0.25, 0.3) is 0 Å². The smallest absolute Gasteiger partial charge is 0.115 e. The van der Waals surface area contributed by atoms with Crippen LogP contribution in [0.3, 0.4) is 0 Å². The minimum Gasteiger partial charge on any atom is -0.374 e. The third kappa shape index (κ3) is 4.01. The van der Waals surface area contributed by atoms with Crippen LogP contribution in [0.2, 0.25) is 0 Å². The minimum absolute atomic E-state index is 0.281. The molecule has 0 bridgehead atoms. The van der Waals surface area contributed by atoms with Crippen molar-refractivity contribution in [3.05, 3.63) is 24.3 Å². The van der Waals surface area contributed by atoms with Gasteiger partial charge in [0.1, 0.15) is 6.33 Å². The third-order valence-corrected chi connectivity index (χ3v) is 3.22. The first-order valence-corrected chi connectivity index (χ1v) is 6.57. The second-order valence-corrected chi connectivity index (χ2v) is 4.91. The second kappa shape index (κ2) is 6.78. The molecule has 5 heteroatoms. The van der Waals surface area contributed by atoms with E-state index < -0.39 is 0 Å². The van der Waals surface area contributed by atoms with Crippen LogP contribution < -0.4 is 5.32 Å². The van der Waals surface area contributed by atoms with Crippen molar-refractivity contribution in [1.82, 2.24) is 20.2 Å². The van der Waals surface area contributed by atoms with Gasteiger partial charge in [0, 0.05) is 38.4 Å². The van der Waals surface area contributed by atoms with Crippen molar-refractivity contribution in [3.63, 3.8) is 0 Å². The maximum Gasteiger partial charge on any atom is 0.115 e. The van der Waals surface area contributed by atoms with Gasteiger partial charge in [0.15, 0.2) is 0 Å². The highest BCUT2D eigenvalue weighted by Gasteiger charge is 2.21. The molecular formula is C13H22N4O. The van der Waals surface area contributed by atoms with Crippen LogP contribution in [0.4, 0.5) is 0 Å². The molecule has 1 aromatic rings. The van der Waals surface area contributed by atoms with E-state index >= 15 is 0 Å². The van der Waals surface area contributed by atoms with Crippen molar-refractivity contribution in [2.24, 2.45) is 0 Å². The Morgan fingerprint density at radius 2 is 2.44 bits per heavy atom. The fourth-order valence-corrected chi connectivity index (χ4v) is 2.12. The summed E-state index contributed by atoms with van der Waals surface area (Å²) in [5.41, 5.74) is 1.02. The Hall–Kier alpha value is -1.04. The molecule has 100 valence electrons. The number of morpholine rings is 1. The van der Waals surface area contributed by atoms with Gasteiger partial charge in [-0.25, -0.2) is 9.97 Å². The van der Waals surface area contributed by atoms with Crippen molar-refractivity contribution < 1.29 is 4.74 Å². The van der Waals surface area contributed by atoms with Crippen molar-refractivity contribution in [2.75, 3.05) is 26.2 Å². The molecule has 2 heterocycles. The zero-order chi connectivity index (χ0) is 12.8. The quantitative estimate of drug-likeness (QED) is 0.832. The topological polar surface area (TPSA) is 50.3 Å². The number of nitrogens with zero attached hydrogens (tertiary/aromatic N) is 3. The maximum atomic E-state index is 5.76. The Kier molecular flexibility index (Phi) is 5.04. The summed E-state index contributed by atoms with van der Waals surface area (Å²) in [4.78, 5) is 10.5. The molecule has 5 nitrogen and oxygen atoms in total. The van der Waals surface area contributed by atoms with Crippen LogP contribution in [0.25, 0.3) is 0 Å². The van der Waals surface area contributed by atoms with Crippen molar-refractivity contribution in [3.8, 4) is 0 Å². The number of hydrogen-bond acceptors (Lipinski definition) is 5. The molecule has 18 heavy (non-hydrogen) atoms. The van der Waals surface area contributed by atoms with Crippen molar-refractivity contribution >= 4 is 0 Å². The summed E-state index contributed by atoms with van der Waals surface area (Å²) in [6.45, 7) is 8.98. The summed E-state index contributed by atoms with van der Waals surface area (Å²) in [7, 11) is 0.